The number of pyridine rings is 1. The fourth-order valence-electron chi connectivity index (χ4n) is 3.31. The van der Waals surface area contributed by atoms with E-state index < -0.39 is 11.8 Å². The van der Waals surface area contributed by atoms with Gasteiger partial charge in [0.1, 0.15) is 0 Å². The summed E-state index contributed by atoms with van der Waals surface area (Å²) in [6.45, 7) is 4.51. The summed E-state index contributed by atoms with van der Waals surface area (Å²) < 4.78 is 1.48. The molecule has 2 rings (SSSR count). The average Bonchev–Trinajstić information content (AvgIpc) is 3.01. The molecule has 6 nitrogen and oxygen atoms in total. The van der Waals surface area contributed by atoms with Crippen LogP contribution in [0.4, 0.5) is 5.69 Å². The summed E-state index contributed by atoms with van der Waals surface area (Å²) in [5.74, 6) is -0.807. The maximum atomic E-state index is 12.2. The van der Waals surface area contributed by atoms with Crippen molar-refractivity contribution in [1.29, 1.82) is 0 Å². The van der Waals surface area contributed by atoms with Crippen LogP contribution < -0.4 is 16.2 Å². The van der Waals surface area contributed by atoms with E-state index >= 15 is 0 Å². The number of rotatable bonds is 6. The number of amides is 2. The number of unbranched alkanes of at least 4 members (excludes halogenated alkanes) is 1. The van der Waals surface area contributed by atoms with Crippen LogP contribution in [0, 0.1) is 5.92 Å². The molecule has 2 atom stereocenters. The summed E-state index contributed by atoms with van der Waals surface area (Å²) in [6, 6.07) is 2.99. The zero-order valence-corrected chi connectivity index (χ0v) is 14.5. The van der Waals surface area contributed by atoms with E-state index in [1.165, 1.54) is 16.7 Å². The summed E-state index contributed by atoms with van der Waals surface area (Å²) in [5.41, 5.74) is 0.315. The van der Waals surface area contributed by atoms with Crippen molar-refractivity contribution in [3.8, 4) is 0 Å². The van der Waals surface area contributed by atoms with Gasteiger partial charge in [0.25, 0.3) is 5.56 Å². The van der Waals surface area contributed by atoms with Crippen molar-refractivity contribution in [1.82, 2.24) is 9.88 Å². The highest BCUT2D eigenvalue weighted by molar-refractivity contribution is 6.39. The molecule has 1 aliphatic rings. The first kappa shape index (κ1) is 18.2. The second-order valence-corrected chi connectivity index (χ2v) is 6.41. The van der Waals surface area contributed by atoms with Gasteiger partial charge in [0.2, 0.25) is 0 Å². The number of nitrogens with zero attached hydrogens (tertiary/aromatic N) is 1. The molecule has 6 heteroatoms. The lowest BCUT2D eigenvalue weighted by Gasteiger charge is -2.20. The normalized spacial score (nSPS) is 19.9. The molecule has 0 aliphatic heterocycles. The molecule has 1 aromatic heterocycles. The van der Waals surface area contributed by atoms with E-state index in [2.05, 4.69) is 17.6 Å². The zero-order valence-electron chi connectivity index (χ0n) is 14.5. The molecule has 24 heavy (non-hydrogen) atoms. The largest absolute Gasteiger partial charge is 0.345 e. The molecule has 1 aromatic rings. The molecule has 1 aliphatic carbocycles. The van der Waals surface area contributed by atoms with Crippen LogP contribution in [0.5, 0.6) is 0 Å². The highest BCUT2D eigenvalue weighted by Gasteiger charge is 2.29. The highest BCUT2D eigenvalue weighted by atomic mass is 16.2. The van der Waals surface area contributed by atoms with Crippen molar-refractivity contribution in [2.45, 2.75) is 65.0 Å². The molecule has 1 saturated carbocycles. The topological polar surface area (TPSA) is 80.2 Å². The molecular formula is C18H27N3O3. The Kier molecular flexibility index (Phi) is 6.58. The van der Waals surface area contributed by atoms with Gasteiger partial charge in [0, 0.05) is 24.8 Å². The van der Waals surface area contributed by atoms with E-state index in [4.69, 9.17) is 0 Å². The number of hydrogen-bond acceptors (Lipinski definition) is 3. The maximum absolute atomic E-state index is 12.2. The summed E-state index contributed by atoms with van der Waals surface area (Å²) in [7, 11) is 0. The predicted molar refractivity (Wildman–Crippen MR) is 93.8 cm³/mol. The highest BCUT2D eigenvalue weighted by Crippen LogP contribution is 2.29. The molecule has 0 aromatic carbocycles. The van der Waals surface area contributed by atoms with Crippen LogP contribution in [-0.2, 0) is 16.1 Å². The Hall–Kier alpha value is -2.11. The first-order valence-corrected chi connectivity index (χ1v) is 8.87. The molecule has 0 saturated heterocycles. The second-order valence-electron chi connectivity index (χ2n) is 6.41. The molecule has 2 N–H and O–H groups in total. The van der Waals surface area contributed by atoms with Gasteiger partial charge < -0.3 is 15.2 Å². The number of hydrogen-bond donors (Lipinski definition) is 2. The van der Waals surface area contributed by atoms with Crippen LogP contribution in [0.1, 0.15) is 52.4 Å². The van der Waals surface area contributed by atoms with Crippen molar-refractivity contribution < 1.29 is 9.59 Å². The van der Waals surface area contributed by atoms with Crippen molar-refractivity contribution >= 4 is 17.5 Å². The van der Waals surface area contributed by atoms with Gasteiger partial charge in [-0.1, -0.05) is 26.2 Å². The summed E-state index contributed by atoms with van der Waals surface area (Å²) in [6.07, 6.45) is 8.11. The Morgan fingerprint density at radius 2 is 2.00 bits per heavy atom. The van der Waals surface area contributed by atoms with Crippen molar-refractivity contribution in [2.75, 3.05) is 5.32 Å². The number of aromatic nitrogens is 1. The number of aryl methyl sites for hydroxylation is 1. The van der Waals surface area contributed by atoms with E-state index in [1.54, 1.807) is 6.20 Å². The van der Waals surface area contributed by atoms with Crippen LogP contribution in [0.15, 0.2) is 23.1 Å². The third-order valence-electron chi connectivity index (χ3n) is 4.69. The number of nitrogens with one attached hydrogen (secondary N) is 2. The minimum Gasteiger partial charge on any atom is -0.345 e. The van der Waals surface area contributed by atoms with Gasteiger partial charge in [-0.15, -0.1) is 0 Å². The van der Waals surface area contributed by atoms with Gasteiger partial charge in [0.15, 0.2) is 0 Å². The Morgan fingerprint density at radius 3 is 2.71 bits per heavy atom. The Balaban J connectivity index is 1.92. The van der Waals surface area contributed by atoms with Crippen molar-refractivity contribution in [3.05, 3.63) is 28.7 Å². The van der Waals surface area contributed by atoms with E-state index in [-0.39, 0.29) is 11.6 Å². The second kappa shape index (κ2) is 8.66. The van der Waals surface area contributed by atoms with Gasteiger partial charge in [-0.2, -0.15) is 0 Å². The standard InChI is InChI=1S/C18H27N3O3/c1-3-5-7-13-8-6-9-15(13)20-18(24)17(23)19-14-10-11-16(22)21(4-2)12-14/h10-13,15H,3-9H2,1-2H3,(H,19,23)(H,20,24). The molecule has 132 valence electrons. The number of carbonyl (C=O) groups excluding carboxylic acids is 2. The minimum absolute atomic E-state index is 0.0967. The SMILES string of the molecule is CCCCC1CCCC1NC(=O)C(=O)Nc1ccc(=O)n(CC)c1. The van der Waals surface area contributed by atoms with Crippen LogP contribution in [0.25, 0.3) is 0 Å². The van der Waals surface area contributed by atoms with E-state index in [1.807, 2.05) is 6.92 Å². The van der Waals surface area contributed by atoms with E-state index in [0.717, 1.165) is 38.5 Å². The third-order valence-corrected chi connectivity index (χ3v) is 4.69. The van der Waals surface area contributed by atoms with Crippen molar-refractivity contribution in [3.63, 3.8) is 0 Å². The number of carbonyl (C=O) groups is 2. The smallest absolute Gasteiger partial charge is 0.313 e. The summed E-state index contributed by atoms with van der Waals surface area (Å²) >= 11 is 0. The molecule has 1 fully saturated rings. The first-order chi connectivity index (χ1) is 11.5. The molecule has 0 bridgehead atoms. The molecule has 1 heterocycles. The van der Waals surface area contributed by atoms with E-state index in [9.17, 15) is 14.4 Å². The number of anilines is 1. The predicted octanol–water partition coefficient (Wildman–Crippen LogP) is 2.28. The Bertz CT molecular complexity index is 639. The first-order valence-electron chi connectivity index (χ1n) is 8.87. The molecule has 0 spiro atoms. The Labute approximate surface area is 142 Å². The fraction of sp³-hybridized carbons (Fsp3) is 0.611. The van der Waals surface area contributed by atoms with E-state index in [0.29, 0.717) is 18.2 Å². The summed E-state index contributed by atoms with van der Waals surface area (Å²) in [5, 5.41) is 5.44. The molecular weight excluding hydrogens is 306 g/mol. The lowest BCUT2D eigenvalue weighted by molar-refractivity contribution is -0.136. The monoisotopic (exact) mass is 333 g/mol. The van der Waals surface area contributed by atoms with Gasteiger partial charge >= 0.3 is 11.8 Å². The van der Waals surface area contributed by atoms with Crippen LogP contribution in [-0.4, -0.2) is 22.4 Å². The van der Waals surface area contributed by atoms with Gasteiger partial charge in [-0.05, 0) is 38.2 Å². The molecule has 0 radical (unpaired) electrons. The lowest BCUT2D eigenvalue weighted by atomic mass is 9.97. The minimum atomic E-state index is -0.683. The van der Waals surface area contributed by atoms with Crippen LogP contribution >= 0.6 is 0 Å². The van der Waals surface area contributed by atoms with Crippen LogP contribution in [0.3, 0.4) is 0 Å². The molecule has 2 amide bonds. The Morgan fingerprint density at radius 1 is 1.21 bits per heavy atom. The maximum Gasteiger partial charge on any atom is 0.313 e. The van der Waals surface area contributed by atoms with Crippen molar-refractivity contribution in [2.24, 2.45) is 5.92 Å². The lowest BCUT2D eigenvalue weighted by Crippen LogP contribution is -2.43. The average molecular weight is 333 g/mol. The van der Waals surface area contributed by atoms with Gasteiger partial charge in [-0.25, -0.2) is 0 Å². The summed E-state index contributed by atoms with van der Waals surface area (Å²) in [4.78, 5) is 35.8. The zero-order chi connectivity index (χ0) is 17.5. The quantitative estimate of drug-likeness (QED) is 0.784. The third kappa shape index (κ3) is 4.69. The molecule has 2 unspecified atom stereocenters. The van der Waals surface area contributed by atoms with Gasteiger partial charge in [-0.3, -0.25) is 14.4 Å². The van der Waals surface area contributed by atoms with Gasteiger partial charge in [0.05, 0.1) is 5.69 Å². The van der Waals surface area contributed by atoms with Crippen LogP contribution in [0.2, 0.25) is 0 Å². The fourth-order valence-corrected chi connectivity index (χ4v) is 3.31.